The molecular weight excluding hydrogens is 173 g/mol. The van der Waals surface area contributed by atoms with E-state index in [4.69, 9.17) is 0 Å². The number of ether oxygens (including phenoxy) is 2. The Hall–Kier alpha value is -0.550. The third kappa shape index (κ3) is 4.35. The predicted molar refractivity (Wildman–Crippen MR) is 37.6 cm³/mol. The highest BCUT2D eigenvalue weighted by molar-refractivity contribution is 5.07. The molecule has 0 N–H and O–H groups in total. The first-order valence-electron chi connectivity index (χ1n) is 3.31. The Bertz CT molecular complexity index is 151. The Labute approximate surface area is 69.0 Å². The standard InChI is InChI=1S/C7H11F3O2/c1-3-6(7(8,9)10)4-12-5-11-2/h3H,4-5H2,1-2H3/b6-3+. The molecule has 0 radical (unpaired) electrons. The first-order chi connectivity index (χ1) is 5.52. The van der Waals surface area contributed by atoms with Gasteiger partial charge in [-0.05, 0) is 6.92 Å². The Balaban J connectivity index is 3.87. The van der Waals surface area contributed by atoms with Crippen LogP contribution in [-0.2, 0) is 9.47 Å². The molecule has 0 amide bonds. The van der Waals surface area contributed by atoms with Crippen LogP contribution in [0.15, 0.2) is 11.6 Å². The number of allylic oxidation sites excluding steroid dienone is 1. The normalized spacial score (nSPS) is 13.6. The van der Waals surface area contributed by atoms with Crippen molar-refractivity contribution in [1.82, 2.24) is 0 Å². The number of hydrogen-bond acceptors (Lipinski definition) is 2. The van der Waals surface area contributed by atoms with Crippen molar-refractivity contribution in [2.75, 3.05) is 20.5 Å². The van der Waals surface area contributed by atoms with Crippen LogP contribution in [0.4, 0.5) is 13.2 Å². The zero-order valence-corrected chi connectivity index (χ0v) is 6.94. The molecule has 0 saturated heterocycles. The minimum atomic E-state index is -4.30. The summed E-state index contributed by atoms with van der Waals surface area (Å²) in [5, 5.41) is 0. The minimum Gasteiger partial charge on any atom is -0.359 e. The van der Waals surface area contributed by atoms with E-state index in [0.29, 0.717) is 0 Å². The van der Waals surface area contributed by atoms with Gasteiger partial charge in [0.1, 0.15) is 6.79 Å². The molecule has 0 aliphatic heterocycles. The molecule has 0 aromatic heterocycles. The average Bonchev–Trinajstić information content (AvgIpc) is 1.95. The molecule has 0 aliphatic carbocycles. The molecule has 0 spiro atoms. The van der Waals surface area contributed by atoms with E-state index in [1.807, 2.05) is 0 Å². The maximum Gasteiger partial charge on any atom is 0.414 e. The van der Waals surface area contributed by atoms with Crippen molar-refractivity contribution in [2.24, 2.45) is 0 Å². The van der Waals surface area contributed by atoms with Crippen molar-refractivity contribution < 1.29 is 22.6 Å². The van der Waals surface area contributed by atoms with E-state index in [1.165, 1.54) is 14.0 Å². The third-order valence-electron chi connectivity index (χ3n) is 1.17. The van der Waals surface area contributed by atoms with E-state index in [9.17, 15) is 13.2 Å². The zero-order valence-electron chi connectivity index (χ0n) is 6.94. The van der Waals surface area contributed by atoms with Gasteiger partial charge in [-0.2, -0.15) is 13.2 Å². The zero-order chi connectivity index (χ0) is 9.61. The molecule has 12 heavy (non-hydrogen) atoms. The van der Waals surface area contributed by atoms with Crippen molar-refractivity contribution in [3.8, 4) is 0 Å². The first-order valence-corrected chi connectivity index (χ1v) is 3.31. The average molecular weight is 184 g/mol. The summed E-state index contributed by atoms with van der Waals surface area (Å²) >= 11 is 0. The third-order valence-corrected chi connectivity index (χ3v) is 1.17. The molecule has 2 nitrogen and oxygen atoms in total. The highest BCUT2D eigenvalue weighted by Gasteiger charge is 2.32. The summed E-state index contributed by atoms with van der Waals surface area (Å²) in [6.07, 6.45) is -3.32. The minimum absolute atomic E-state index is 0.132. The summed E-state index contributed by atoms with van der Waals surface area (Å²) in [4.78, 5) is 0. The Kier molecular flexibility index (Phi) is 4.92. The number of hydrogen-bond donors (Lipinski definition) is 0. The monoisotopic (exact) mass is 184 g/mol. The summed E-state index contributed by atoms with van der Waals surface area (Å²) in [5.41, 5.74) is -0.695. The maximum atomic E-state index is 12.0. The van der Waals surface area contributed by atoms with E-state index in [2.05, 4.69) is 9.47 Å². The number of methoxy groups -OCH3 is 1. The Morgan fingerprint density at radius 1 is 1.42 bits per heavy atom. The van der Waals surface area contributed by atoms with Crippen LogP contribution in [0, 0.1) is 0 Å². The van der Waals surface area contributed by atoms with Crippen molar-refractivity contribution in [1.29, 1.82) is 0 Å². The molecule has 0 fully saturated rings. The summed E-state index contributed by atoms with van der Waals surface area (Å²) in [7, 11) is 1.35. The van der Waals surface area contributed by atoms with Gasteiger partial charge in [0.2, 0.25) is 0 Å². The van der Waals surface area contributed by atoms with Crippen LogP contribution in [0.3, 0.4) is 0 Å². The van der Waals surface area contributed by atoms with Gasteiger partial charge < -0.3 is 9.47 Å². The number of alkyl halides is 3. The lowest BCUT2D eigenvalue weighted by Gasteiger charge is -2.10. The van der Waals surface area contributed by atoms with Crippen molar-refractivity contribution >= 4 is 0 Å². The molecule has 5 heteroatoms. The van der Waals surface area contributed by atoms with Crippen LogP contribution in [0.25, 0.3) is 0 Å². The van der Waals surface area contributed by atoms with E-state index in [-0.39, 0.29) is 6.79 Å². The molecule has 0 aromatic carbocycles. The van der Waals surface area contributed by atoms with Crippen molar-refractivity contribution in [3.05, 3.63) is 11.6 Å². The van der Waals surface area contributed by atoms with Gasteiger partial charge in [0.05, 0.1) is 12.2 Å². The molecule has 0 saturated carbocycles. The maximum absolute atomic E-state index is 12.0. The van der Waals surface area contributed by atoms with Crippen LogP contribution in [0.2, 0.25) is 0 Å². The lowest BCUT2D eigenvalue weighted by molar-refractivity contribution is -0.109. The summed E-state index contributed by atoms with van der Waals surface area (Å²) in [6, 6.07) is 0. The summed E-state index contributed by atoms with van der Waals surface area (Å²) < 4.78 is 44.9. The summed E-state index contributed by atoms with van der Waals surface area (Å²) in [5.74, 6) is 0. The lowest BCUT2D eigenvalue weighted by Crippen LogP contribution is -2.17. The number of rotatable bonds is 4. The van der Waals surface area contributed by atoms with Crippen LogP contribution in [-0.4, -0.2) is 26.7 Å². The quantitative estimate of drug-likeness (QED) is 0.378. The van der Waals surface area contributed by atoms with Gasteiger partial charge in [-0.1, -0.05) is 6.08 Å². The van der Waals surface area contributed by atoms with Crippen molar-refractivity contribution in [3.63, 3.8) is 0 Å². The molecule has 0 bridgehead atoms. The van der Waals surface area contributed by atoms with Gasteiger partial charge in [0, 0.05) is 7.11 Å². The van der Waals surface area contributed by atoms with E-state index >= 15 is 0 Å². The second kappa shape index (κ2) is 5.16. The molecule has 72 valence electrons. The summed E-state index contributed by atoms with van der Waals surface area (Å²) in [6.45, 7) is 0.722. The Morgan fingerprint density at radius 3 is 2.33 bits per heavy atom. The van der Waals surface area contributed by atoms with Crippen molar-refractivity contribution in [2.45, 2.75) is 13.1 Å². The highest BCUT2D eigenvalue weighted by atomic mass is 19.4. The molecule has 0 heterocycles. The van der Waals surface area contributed by atoms with Crippen LogP contribution in [0.5, 0.6) is 0 Å². The smallest absolute Gasteiger partial charge is 0.359 e. The van der Waals surface area contributed by atoms with E-state index in [1.54, 1.807) is 0 Å². The van der Waals surface area contributed by atoms with Crippen LogP contribution >= 0.6 is 0 Å². The van der Waals surface area contributed by atoms with Gasteiger partial charge in [-0.25, -0.2) is 0 Å². The molecule has 0 atom stereocenters. The van der Waals surface area contributed by atoms with E-state index < -0.39 is 18.4 Å². The van der Waals surface area contributed by atoms with E-state index in [0.717, 1.165) is 6.08 Å². The molecule has 0 unspecified atom stereocenters. The Morgan fingerprint density at radius 2 is 2.00 bits per heavy atom. The fourth-order valence-electron chi connectivity index (χ4n) is 0.564. The topological polar surface area (TPSA) is 18.5 Å². The molecule has 0 rings (SSSR count). The van der Waals surface area contributed by atoms with Gasteiger partial charge in [0.25, 0.3) is 0 Å². The van der Waals surface area contributed by atoms with Gasteiger partial charge >= 0.3 is 6.18 Å². The molecule has 0 aromatic rings. The lowest BCUT2D eigenvalue weighted by atomic mass is 10.3. The SMILES string of the molecule is C/C=C(\COCOC)C(F)(F)F. The first kappa shape index (κ1) is 11.4. The predicted octanol–water partition coefficient (Wildman–Crippen LogP) is 2.12. The second-order valence-electron chi connectivity index (χ2n) is 2.07. The fourth-order valence-corrected chi connectivity index (χ4v) is 0.564. The highest BCUT2D eigenvalue weighted by Crippen LogP contribution is 2.25. The second-order valence-corrected chi connectivity index (χ2v) is 2.07. The number of halogens is 3. The van der Waals surface area contributed by atoms with Gasteiger partial charge in [-0.3, -0.25) is 0 Å². The van der Waals surface area contributed by atoms with Gasteiger partial charge in [0.15, 0.2) is 0 Å². The molecular formula is C7H11F3O2. The molecule has 0 aliphatic rings. The largest absolute Gasteiger partial charge is 0.414 e. The fraction of sp³-hybridized carbons (Fsp3) is 0.714. The van der Waals surface area contributed by atoms with Gasteiger partial charge in [-0.15, -0.1) is 0 Å². The van der Waals surface area contributed by atoms with Crippen LogP contribution in [0.1, 0.15) is 6.92 Å². The van der Waals surface area contributed by atoms with Crippen LogP contribution < -0.4 is 0 Å².